The quantitative estimate of drug-likeness (QED) is 0.576. The van der Waals surface area contributed by atoms with Crippen molar-refractivity contribution in [1.82, 2.24) is 0 Å². The van der Waals surface area contributed by atoms with Gasteiger partial charge in [-0.2, -0.15) is 0 Å². The Balaban J connectivity index is 2.17. The Morgan fingerprint density at radius 2 is 1.32 bits per heavy atom. The van der Waals surface area contributed by atoms with Crippen LogP contribution in [0.25, 0.3) is 0 Å². The lowest BCUT2D eigenvalue weighted by Gasteiger charge is -2.21. The lowest BCUT2D eigenvalue weighted by molar-refractivity contribution is 0.409. The van der Waals surface area contributed by atoms with E-state index in [-0.39, 0.29) is 5.92 Å². The molecule has 0 spiro atoms. The zero-order valence-electron chi connectivity index (χ0n) is 12.4. The van der Waals surface area contributed by atoms with Crippen LogP contribution in [0, 0.1) is 0 Å². The second-order valence-corrected chi connectivity index (χ2v) is 5.57. The molecule has 0 N–H and O–H groups in total. The minimum absolute atomic E-state index is 0.120. The fraction of sp³-hybridized carbons (Fsp3) is 0.100. The molecule has 0 fully saturated rings. The van der Waals surface area contributed by atoms with Crippen molar-refractivity contribution in [2.24, 2.45) is 0 Å². The number of hydrogen-bond donors (Lipinski definition) is 0. The maximum atomic E-state index is 6.04. The molecule has 0 amide bonds. The van der Waals surface area contributed by atoms with E-state index in [4.69, 9.17) is 16.3 Å². The Morgan fingerprint density at radius 3 is 2.00 bits per heavy atom. The van der Waals surface area contributed by atoms with Gasteiger partial charge in [-0.3, -0.25) is 0 Å². The number of benzene rings is 3. The van der Waals surface area contributed by atoms with E-state index in [0.717, 1.165) is 16.3 Å². The van der Waals surface area contributed by atoms with Crippen LogP contribution in [0.5, 0.6) is 5.75 Å². The zero-order chi connectivity index (χ0) is 15.4. The second-order valence-electron chi connectivity index (χ2n) is 5.14. The smallest absolute Gasteiger partial charge is 0.123 e. The third-order valence-corrected chi connectivity index (χ3v) is 4.04. The van der Waals surface area contributed by atoms with E-state index in [1.54, 1.807) is 7.11 Å². The third-order valence-electron chi connectivity index (χ3n) is 3.79. The molecule has 110 valence electrons. The number of para-hydroxylation sites is 1. The molecule has 0 saturated carbocycles. The lowest BCUT2D eigenvalue weighted by Crippen LogP contribution is -2.05. The molecule has 1 unspecified atom stereocenters. The van der Waals surface area contributed by atoms with Crippen molar-refractivity contribution in [2.45, 2.75) is 5.92 Å². The summed E-state index contributed by atoms with van der Waals surface area (Å²) in [5, 5.41) is 0.746. The van der Waals surface area contributed by atoms with Gasteiger partial charge in [-0.25, -0.2) is 0 Å². The summed E-state index contributed by atoms with van der Waals surface area (Å²) < 4.78 is 5.57. The second kappa shape index (κ2) is 6.67. The Kier molecular flexibility index (Phi) is 4.45. The van der Waals surface area contributed by atoms with Crippen molar-refractivity contribution in [2.75, 3.05) is 7.11 Å². The molecule has 0 aliphatic heterocycles. The fourth-order valence-electron chi connectivity index (χ4n) is 2.76. The lowest BCUT2D eigenvalue weighted by atomic mass is 9.85. The van der Waals surface area contributed by atoms with Gasteiger partial charge in [0.1, 0.15) is 5.75 Å². The van der Waals surface area contributed by atoms with Crippen LogP contribution in [0.4, 0.5) is 0 Å². The summed E-state index contributed by atoms with van der Waals surface area (Å²) in [4.78, 5) is 0. The van der Waals surface area contributed by atoms with Gasteiger partial charge in [-0.1, -0.05) is 72.3 Å². The van der Waals surface area contributed by atoms with Crippen molar-refractivity contribution in [3.8, 4) is 5.75 Å². The van der Waals surface area contributed by atoms with Crippen molar-refractivity contribution in [1.29, 1.82) is 0 Å². The Morgan fingerprint density at radius 1 is 0.727 bits per heavy atom. The van der Waals surface area contributed by atoms with E-state index in [9.17, 15) is 0 Å². The van der Waals surface area contributed by atoms with E-state index in [2.05, 4.69) is 42.5 Å². The molecule has 3 aromatic carbocycles. The number of methoxy groups -OCH3 is 1. The maximum Gasteiger partial charge on any atom is 0.123 e. The van der Waals surface area contributed by atoms with E-state index in [1.807, 2.05) is 36.4 Å². The Labute approximate surface area is 136 Å². The molecule has 0 bridgehead atoms. The standard InChI is InChI=1S/C20H17ClO/c1-22-19-10-6-5-9-18(19)20(15-7-3-2-4-8-15)16-11-13-17(21)14-12-16/h2-14,20H,1H3. The highest BCUT2D eigenvalue weighted by Crippen LogP contribution is 2.37. The fourth-order valence-corrected chi connectivity index (χ4v) is 2.88. The van der Waals surface area contributed by atoms with Crippen molar-refractivity contribution < 1.29 is 4.74 Å². The molecule has 0 aliphatic rings. The van der Waals surface area contributed by atoms with E-state index >= 15 is 0 Å². The molecule has 2 heteroatoms. The topological polar surface area (TPSA) is 9.23 Å². The van der Waals surface area contributed by atoms with Crippen LogP contribution in [-0.2, 0) is 0 Å². The van der Waals surface area contributed by atoms with Gasteiger partial charge in [-0.05, 0) is 29.3 Å². The molecule has 1 atom stereocenters. The van der Waals surface area contributed by atoms with Gasteiger partial charge in [0.25, 0.3) is 0 Å². The summed E-state index contributed by atoms with van der Waals surface area (Å²) in [6, 6.07) is 26.6. The van der Waals surface area contributed by atoms with Gasteiger partial charge < -0.3 is 4.74 Å². The summed E-state index contributed by atoms with van der Waals surface area (Å²) in [5.74, 6) is 1.01. The maximum absolute atomic E-state index is 6.04. The molecule has 0 radical (unpaired) electrons. The van der Waals surface area contributed by atoms with Gasteiger partial charge in [0.15, 0.2) is 0 Å². The summed E-state index contributed by atoms with van der Waals surface area (Å²) in [6.45, 7) is 0. The molecule has 3 aromatic rings. The monoisotopic (exact) mass is 308 g/mol. The largest absolute Gasteiger partial charge is 0.496 e. The Hall–Kier alpha value is -2.25. The van der Waals surface area contributed by atoms with Crippen molar-refractivity contribution in [3.63, 3.8) is 0 Å². The van der Waals surface area contributed by atoms with Crippen molar-refractivity contribution >= 4 is 11.6 Å². The minimum atomic E-state index is 0.120. The highest BCUT2D eigenvalue weighted by molar-refractivity contribution is 6.30. The SMILES string of the molecule is COc1ccccc1C(c1ccccc1)c1ccc(Cl)cc1. The zero-order valence-corrected chi connectivity index (χ0v) is 13.1. The normalized spacial score (nSPS) is 11.9. The highest BCUT2D eigenvalue weighted by Gasteiger charge is 2.19. The van der Waals surface area contributed by atoms with Crippen LogP contribution in [0.3, 0.4) is 0 Å². The third kappa shape index (κ3) is 3.00. The first-order valence-corrected chi connectivity index (χ1v) is 7.60. The molecule has 0 heterocycles. The predicted octanol–water partition coefficient (Wildman–Crippen LogP) is 5.53. The first-order chi connectivity index (χ1) is 10.8. The minimum Gasteiger partial charge on any atom is -0.496 e. The summed E-state index contributed by atoms with van der Waals surface area (Å²) in [7, 11) is 1.71. The van der Waals surface area contributed by atoms with Gasteiger partial charge in [0.2, 0.25) is 0 Å². The van der Waals surface area contributed by atoms with Crippen LogP contribution < -0.4 is 4.74 Å². The average Bonchev–Trinajstić information content (AvgIpc) is 2.58. The highest BCUT2D eigenvalue weighted by atomic mass is 35.5. The molecule has 0 saturated heterocycles. The summed E-state index contributed by atoms with van der Waals surface area (Å²) in [5.41, 5.74) is 3.58. The number of ether oxygens (including phenoxy) is 1. The molecule has 1 nitrogen and oxygen atoms in total. The molecule has 3 rings (SSSR count). The van der Waals surface area contributed by atoms with E-state index in [1.165, 1.54) is 11.1 Å². The van der Waals surface area contributed by atoms with Gasteiger partial charge in [0, 0.05) is 16.5 Å². The first kappa shape index (κ1) is 14.7. The molecular formula is C20H17ClO. The average molecular weight is 309 g/mol. The van der Waals surface area contributed by atoms with Crippen LogP contribution >= 0.6 is 11.6 Å². The first-order valence-electron chi connectivity index (χ1n) is 7.23. The number of halogens is 1. The molecule has 0 aliphatic carbocycles. The number of hydrogen-bond acceptors (Lipinski definition) is 1. The van der Waals surface area contributed by atoms with Crippen LogP contribution in [-0.4, -0.2) is 7.11 Å². The summed E-state index contributed by atoms with van der Waals surface area (Å²) in [6.07, 6.45) is 0. The Bertz CT molecular complexity index is 735. The molecule has 0 aromatic heterocycles. The van der Waals surface area contributed by atoms with Crippen LogP contribution in [0.15, 0.2) is 78.9 Å². The van der Waals surface area contributed by atoms with Gasteiger partial charge in [-0.15, -0.1) is 0 Å². The molecular weight excluding hydrogens is 292 g/mol. The van der Waals surface area contributed by atoms with Gasteiger partial charge in [0.05, 0.1) is 7.11 Å². The van der Waals surface area contributed by atoms with Gasteiger partial charge >= 0.3 is 0 Å². The van der Waals surface area contributed by atoms with E-state index in [0.29, 0.717) is 0 Å². The van der Waals surface area contributed by atoms with Crippen LogP contribution in [0.2, 0.25) is 5.02 Å². The van der Waals surface area contributed by atoms with Crippen molar-refractivity contribution in [3.05, 3.63) is 101 Å². The predicted molar refractivity (Wildman–Crippen MR) is 91.8 cm³/mol. The summed E-state index contributed by atoms with van der Waals surface area (Å²) >= 11 is 6.04. The molecule has 22 heavy (non-hydrogen) atoms. The van der Waals surface area contributed by atoms with Crippen LogP contribution in [0.1, 0.15) is 22.6 Å². The number of rotatable bonds is 4. The van der Waals surface area contributed by atoms with E-state index < -0.39 is 0 Å².